The highest BCUT2D eigenvalue weighted by Gasteiger charge is 2.21. The van der Waals surface area contributed by atoms with E-state index in [1.165, 1.54) is 16.7 Å². The third kappa shape index (κ3) is 3.93. The van der Waals surface area contributed by atoms with E-state index in [2.05, 4.69) is 5.32 Å². The number of benzene rings is 2. The zero-order valence-corrected chi connectivity index (χ0v) is 16.3. The third-order valence-electron chi connectivity index (χ3n) is 4.62. The van der Waals surface area contributed by atoms with Gasteiger partial charge in [-0.25, -0.2) is 4.39 Å². The zero-order valence-electron chi connectivity index (χ0n) is 15.5. The van der Waals surface area contributed by atoms with Gasteiger partial charge in [0.1, 0.15) is 5.82 Å². The lowest BCUT2D eigenvalue weighted by atomic mass is 10.0. The second-order valence-electron chi connectivity index (χ2n) is 7.19. The molecule has 1 amide bonds. The highest BCUT2D eigenvalue weighted by Crippen LogP contribution is 2.23. The molecule has 0 unspecified atom stereocenters. The van der Waals surface area contributed by atoms with E-state index in [1.807, 2.05) is 0 Å². The Kier molecular flexibility index (Phi) is 5.54. The van der Waals surface area contributed by atoms with Crippen LogP contribution in [0.25, 0.3) is 10.8 Å². The molecule has 0 bridgehead atoms. The molecular weight excluding hydrogens is 383 g/mol. The number of pyridine rings is 1. The van der Waals surface area contributed by atoms with Crippen molar-refractivity contribution in [2.45, 2.75) is 25.8 Å². The Morgan fingerprint density at radius 2 is 1.96 bits per heavy atom. The number of aliphatic hydroxyl groups is 1. The van der Waals surface area contributed by atoms with E-state index in [1.54, 1.807) is 44.3 Å². The molecule has 1 heterocycles. The molecule has 2 aromatic carbocycles. The second-order valence-corrected chi connectivity index (χ2v) is 7.63. The van der Waals surface area contributed by atoms with Crippen molar-refractivity contribution in [2.75, 3.05) is 11.9 Å². The summed E-state index contributed by atoms with van der Waals surface area (Å²) in [6.07, 6.45) is 1.43. The van der Waals surface area contributed by atoms with E-state index in [0.29, 0.717) is 16.5 Å². The average molecular weight is 403 g/mol. The maximum Gasteiger partial charge on any atom is 0.259 e. The van der Waals surface area contributed by atoms with Gasteiger partial charge in [0.2, 0.25) is 5.91 Å². The lowest BCUT2D eigenvalue weighted by Gasteiger charge is -2.25. The van der Waals surface area contributed by atoms with Crippen LogP contribution in [0.15, 0.2) is 53.5 Å². The minimum Gasteiger partial charge on any atom is -0.394 e. The molecule has 0 aliphatic heterocycles. The minimum atomic E-state index is -0.753. The number of carbonyl (C=O) groups excluding carboxylic acids is 1. The first-order valence-corrected chi connectivity index (χ1v) is 9.10. The van der Waals surface area contributed by atoms with Crippen LogP contribution in [0.2, 0.25) is 5.02 Å². The molecule has 0 saturated carbocycles. The van der Waals surface area contributed by atoms with Crippen molar-refractivity contribution in [1.29, 1.82) is 0 Å². The molecule has 0 saturated heterocycles. The third-order valence-corrected chi connectivity index (χ3v) is 4.86. The zero-order chi connectivity index (χ0) is 20.5. The highest BCUT2D eigenvalue weighted by molar-refractivity contribution is 6.30. The van der Waals surface area contributed by atoms with Crippen LogP contribution in [-0.2, 0) is 16.8 Å². The van der Waals surface area contributed by atoms with Crippen LogP contribution in [0.1, 0.15) is 19.4 Å². The summed E-state index contributed by atoms with van der Waals surface area (Å²) in [4.78, 5) is 25.2. The van der Waals surface area contributed by atoms with Gasteiger partial charge in [-0.2, -0.15) is 0 Å². The van der Waals surface area contributed by atoms with Crippen molar-refractivity contribution in [3.8, 4) is 0 Å². The Bertz CT molecular complexity index is 1110. The predicted molar refractivity (Wildman–Crippen MR) is 108 cm³/mol. The number of aromatic nitrogens is 1. The maximum absolute atomic E-state index is 13.9. The van der Waals surface area contributed by atoms with Gasteiger partial charge in [-0.05, 0) is 49.7 Å². The average Bonchev–Trinajstić information content (AvgIpc) is 2.64. The van der Waals surface area contributed by atoms with Crippen LogP contribution in [0, 0.1) is 5.82 Å². The Morgan fingerprint density at radius 1 is 1.21 bits per heavy atom. The first kappa shape index (κ1) is 20.0. The molecule has 3 aromatic rings. The summed E-state index contributed by atoms with van der Waals surface area (Å²) in [7, 11) is 0. The van der Waals surface area contributed by atoms with Crippen molar-refractivity contribution in [3.63, 3.8) is 0 Å². The van der Waals surface area contributed by atoms with Crippen LogP contribution in [0.4, 0.5) is 10.1 Å². The molecule has 0 atom stereocenters. The van der Waals surface area contributed by atoms with E-state index < -0.39 is 17.3 Å². The molecule has 0 radical (unpaired) electrons. The lowest BCUT2D eigenvalue weighted by Crippen LogP contribution is -2.38. The monoisotopic (exact) mass is 402 g/mol. The van der Waals surface area contributed by atoms with Crippen LogP contribution >= 0.6 is 11.6 Å². The van der Waals surface area contributed by atoms with Crippen molar-refractivity contribution in [1.82, 2.24) is 4.57 Å². The molecule has 146 valence electrons. The van der Waals surface area contributed by atoms with Crippen LogP contribution in [-0.4, -0.2) is 22.2 Å². The number of hydrogen-bond donors (Lipinski definition) is 2. The molecule has 0 aliphatic carbocycles. The number of anilines is 1. The fourth-order valence-electron chi connectivity index (χ4n) is 2.97. The van der Waals surface area contributed by atoms with E-state index in [4.69, 9.17) is 11.6 Å². The van der Waals surface area contributed by atoms with Crippen molar-refractivity contribution < 1.29 is 14.3 Å². The van der Waals surface area contributed by atoms with E-state index >= 15 is 0 Å². The largest absolute Gasteiger partial charge is 0.394 e. The quantitative estimate of drug-likeness (QED) is 0.683. The Labute approximate surface area is 166 Å². The maximum atomic E-state index is 13.9. The number of aliphatic hydroxyl groups excluding tert-OH is 1. The number of rotatable bonds is 5. The fourth-order valence-corrected chi connectivity index (χ4v) is 3.13. The van der Waals surface area contributed by atoms with Crippen LogP contribution < -0.4 is 10.9 Å². The predicted octanol–water partition coefficient (Wildman–Crippen LogP) is 3.70. The molecule has 1 aromatic heterocycles. The smallest absolute Gasteiger partial charge is 0.259 e. The van der Waals surface area contributed by atoms with Crippen LogP contribution in [0.5, 0.6) is 0 Å². The summed E-state index contributed by atoms with van der Waals surface area (Å²) in [5.74, 6) is -0.955. The van der Waals surface area contributed by atoms with Crippen molar-refractivity contribution in [2.24, 2.45) is 0 Å². The summed E-state index contributed by atoms with van der Waals surface area (Å²) in [6, 6.07) is 10.9. The summed E-state index contributed by atoms with van der Waals surface area (Å²) < 4.78 is 15.4. The molecule has 0 spiro atoms. The SMILES string of the molecule is CC(C)(CO)n1ccc2c(NC(=O)Cc3ccc(Cl)cc3F)cccc2c1=O. The number of fused-ring (bicyclic) bond motifs is 1. The summed E-state index contributed by atoms with van der Waals surface area (Å²) in [5, 5.41) is 13.5. The van der Waals surface area contributed by atoms with Crippen molar-refractivity contribution >= 4 is 34.0 Å². The van der Waals surface area contributed by atoms with E-state index in [0.717, 1.165) is 6.07 Å². The van der Waals surface area contributed by atoms with Gasteiger partial charge in [-0.3, -0.25) is 9.59 Å². The number of amides is 1. The summed E-state index contributed by atoms with van der Waals surface area (Å²) in [5.41, 5.74) is -0.329. The number of nitrogens with one attached hydrogen (secondary N) is 1. The topological polar surface area (TPSA) is 71.3 Å². The minimum absolute atomic E-state index is 0.159. The Balaban J connectivity index is 1.92. The van der Waals surface area contributed by atoms with Gasteiger partial charge in [-0.15, -0.1) is 0 Å². The normalized spacial score (nSPS) is 11.6. The molecule has 0 fully saturated rings. The standard InChI is InChI=1S/C21H20ClFN2O3/c1-21(2,12-26)25-9-8-15-16(20(25)28)4-3-5-18(15)24-19(27)10-13-6-7-14(22)11-17(13)23/h3-9,11,26H,10,12H2,1-2H3,(H,24,27). The summed E-state index contributed by atoms with van der Waals surface area (Å²) in [6.45, 7) is 3.32. The molecule has 5 nitrogen and oxygen atoms in total. The Morgan fingerprint density at radius 3 is 2.64 bits per heavy atom. The van der Waals surface area contributed by atoms with Gasteiger partial charge < -0.3 is 15.0 Å². The van der Waals surface area contributed by atoms with Gasteiger partial charge in [0.15, 0.2) is 0 Å². The fraction of sp³-hybridized carbons (Fsp3) is 0.238. The molecule has 0 aliphatic rings. The van der Waals surface area contributed by atoms with Crippen molar-refractivity contribution in [3.05, 3.63) is 75.4 Å². The van der Waals surface area contributed by atoms with E-state index in [-0.39, 0.29) is 29.2 Å². The first-order valence-electron chi connectivity index (χ1n) is 8.72. The van der Waals surface area contributed by atoms with Gasteiger partial charge in [-0.1, -0.05) is 23.7 Å². The van der Waals surface area contributed by atoms with Gasteiger partial charge in [0.25, 0.3) is 5.56 Å². The number of hydrogen-bond acceptors (Lipinski definition) is 3. The van der Waals surface area contributed by atoms with Gasteiger partial charge in [0.05, 0.1) is 18.6 Å². The number of carbonyl (C=O) groups is 1. The van der Waals surface area contributed by atoms with Gasteiger partial charge in [0, 0.05) is 27.7 Å². The number of nitrogens with zero attached hydrogens (tertiary/aromatic N) is 1. The molecular formula is C21H20ClFN2O3. The summed E-state index contributed by atoms with van der Waals surface area (Å²) >= 11 is 5.73. The highest BCUT2D eigenvalue weighted by atomic mass is 35.5. The number of halogens is 2. The first-order chi connectivity index (χ1) is 13.2. The molecule has 7 heteroatoms. The lowest BCUT2D eigenvalue weighted by molar-refractivity contribution is -0.115. The van der Waals surface area contributed by atoms with Crippen LogP contribution in [0.3, 0.4) is 0 Å². The Hall–Kier alpha value is -2.70. The van der Waals surface area contributed by atoms with Gasteiger partial charge >= 0.3 is 0 Å². The van der Waals surface area contributed by atoms with E-state index in [9.17, 15) is 19.1 Å². The molecule has 28 heavy (non-hydrogen) atoms. The second kappa shape index (κ2) is 7.73. The molecule has 3 rings (SSSR count). The molecule has 2 N–H and O–H groups in total.